The normalized spacial score (nSPS) is 12.3. The number of thioether (sulfide) groups is 1. The van der Waals surface area contributed by atoms with Gasteiger partial charge in [0.15, 0.2) is 5.16 Å². The summed E-state index contributed by atoms with van der Waals surface area (Å²) in [4.78, 5) is 8.38. The molecule has 0 saturated heterocycles. The molecule has 1 aromatic carbocycles. The highest BCUT2D eigenvalue weighted by molar-refractivity contribution is 7.99. The zero-order chi connectivity index (χ0) is 11.9. The van der Waals surface area contributed by atoms with Gasteiger partial charge in [-0.1, -0.05) is 42.1 Å². The molecule has 88 valence electrons. The zero-order valence-electron chi connectivity index (χ0n) is 9.49. The molecule has 1 heterocycles. The average Bonchev–Trinajstić information content (AvgIpc) is 2.42. The summed E-state index contributed by atoms with van der Waals surface area (Å²) in [5.41, 5.74) is 7.09. The summed E-state index contributed by atoms with van der Waals surface area (Å²) < 4.78 is 0. The molecule has 0 spiro atoms. The lowest BCUT2D eigenvalue weighted by Crippen LogP contribution is -2.14. The molecule has 0 bridgehead atoms. The van der Waals surface area contributed by atoms with Crippen molar-refractivity contribution in [3.63, 3.8) is 0 Å². The van der Waals surface area contributed by atoms with Gasteiger partial charge in [-0.2, -0.15) is 0 Å². The first-order valence-corrected chi connectivity index (χ1v) is 6.53. The third kappa shape index (κ3) is 3.54. The Morgan fingerprint density at radius 2 is 1.76 bits per heavy atom. The maximum Gasteiger partial charge on any atom is 0.187 e. The van der Waals surface area contributed by atoms with E-state index in [1.165, 1.54) is 5.56 Å². The van der Waals surface area contributed by atoms with Crippen LogP contribution in [0.5, 0.6) is 0 Å². The summed E-state index contributed by atoms with van der Waals surface area (Å²) in [6.07, 6.45) is 3.52. The van der Waals surface area contributed by atoms with Crippen molar-refractivity contribution >= 4 is 11.8 Å². The van der Waals surface area contributed by atoms with Gasteiger partial charge in [-0.3, -0.25) is 0 Å². The minimum Gasteiger partial charge on any atom is -0.330 e. The lowest BCUT2D eigenvalue weighted by Gasteiger charge is -2.13. The van der Waals surface area contributed by atoms with E-state index in [0.29, 0.717) is 12.5 Å². The van der Waals surface area contributed by atoms with E-state index >= 15 is 0 Å². The van der Waals surface area contributed by atoms with Gasteiger partial charge in [0, 0.05) is 24.1 Å². The number of nitrogens with two attached hydrogens (primary N) is 1. The second-order valence-electron chi connectivity index (χ2n) is 3.69. The lowest BCUT2D eigenvalue weighted by atomic mass is 10.0. The maximum atomic E-state index is 5.81. The van der Waals surface area contributed by atoms with Crippen molar-refractivity contribution in [2.45, 2.75) is 11.1 Å². The number of rotatable bonds is 5. The molecule has 17 heavy (non-hydrogen) atoms. The molecule has 2 rings (SSSR count). The van der Waals surface area contributed by atoms with Crippen LogP contribution in [-0.2, 0) is 0 Å². The van der Waals surface area contributed by atoms with Gasteiger partial charge in [-0.25, -0.2) is 9.97 Å². The van der Waals surface area contributed by atoms with Crippen LogP contribution in [0, 0.1) is 0 Å². The molecule has 2 N–H and O–H groups in total. The maximum absolute atomic E-state index is 5.81. The molecule has 3 nitrogen and oxygen atoms in total. The molecule has 0 radical (unpaired) electrons. The molecule has 1 aromatic heterocycles. The Morgan fingerprint density at radius 1 is 1.06 bits per heavy atom. The molecule has 1 unspecified atom stereocenters. The molecular weight excluding hydrogens is 230 g/mol. The van der Waals surface area contributed by atoms with E-state index in [4.69, 9.17) is 5.73 Å². The van der Waals surface area contributed by atoms with Gasteiger partial charge in [0.1, 0.15) is 0 Å². The summed E-state index contributed by atoms with van der Waals surface area (Å²) in [5, 5.41) is 0.807. The van der Waals surface area contributed by atoms with Crippen molar-refractivity contribution in [2.75, 3.05) is 12.3 Å². The van der Waals surface area contributed by atoms with E-state index in [-0.39, 0.29) is 0 Å². The number of benzene rings is 1. The van der Waals surface area contributed by atoms with E-state index in [0.717, 1.165) is 10.9 Å². The Balaban J connectivity index is 1.97. The smallest absolute Gasteiger partial charge is 0.187 e. The first kappa shape index (κ1) is 12.1. The van der Waals surface area contributed by atoms with Gasteiger partial charge < -0.3 is 5.73 Å². The first-order chi connectivity index (χ1) is 8.40. The van der Waals surface area contributed by atoms with Gasteiger partial charge in [0.25, 0.3) is 0 Å². The largest absolute Gasteiger partial charge is 0.330 e. The van der Waals surface area contributed by atoms with Crippen LogP contribution in [0.3, 0.4) is 0 Å². The fourth-order valence-corrected chi connectivity index (χ4v) is 2.51. The number of aromatic nitrogens is 2. The Bertz CT molecular complexity index is 433. The highest BCUT2D eigenvalue weighted by Gasteiger charge is 2.10. The topological polar surface area (TPSA) is 51.8 Å². The molecule has 0 fully saturated rings. The predicted octanol–water partition coefficient (Wildman–Crippen LogP) is 2.31. The number of nitrogens with zero attached hydrogens (tertiary/aromatic N) is 2. The molecule has 0 aliphatic carbocycles. The Kier molecular flexibility index (Phi) is 4.53. The lowest BCUT2D eigenvalue weighted by molar-refractivity contribution is 0.782. The third-order valence-corrected chi connectivity index (χ3v) is 3.55. The van der Waals surface area contributed by atoms with Gasteiger partial charge in [0.05, 0.1) is 0 Å². The van der Waals surface area contributed by atoms with Gasteiger partial charge >= 0.3 is 0 Å². The van der Waals surface area contributed by atoms with E-state index in [1.807, 2.05) is 24.3 Å². The van der Waals surface area contributed by atoms with Crippen molar-refractivity contribution in [3.8, 4) is 0 Å². The fourth-order valence-electron chi connectivity index (χ4n) is 1.56. The van der Waals surface area contributed by atoms with Crippen molar-refractivity contribution in [1.29, 1.82) is 0 Å². The predicted molar refractivity (Wildman–Crippen MR) is 71.0 cm³/mol. The minimum absolute atomic E-state index is 0.352. The zero-order valence-corrected chi connectivity index (χ0v) is 10.3. The van der Waals surface area contributed by atoms with E-state index < -0.39 is 0 Å². The molecule has 2 aromatic rings. The molecule has 0 aliphatic heterocycles. The summed E-state index contributed by atoms with van der Waals surface area (Å²) in [6.45, 7) is 0.643. The van der Waals surface area contributed by atoms with Crippen molar-refractivity contribution in [1.82, 2.24) is 9.97 Å². The average molecular weight is 245 g/mol. The second kappa shape index (κ2) is 6.37. The summed E-state index contributed by atoms with van der Waals surface area (Å²) in [6, 6.07) is 12.2. The van der Waals surface area contributed by atoms with E-state index in [2.05, 4.69) is 22.1 Å². The minimum atomic E-state index is 0.352. The summed E-state index contributed by atoms with van der Waals surface area (Å²) >= 11 is 1.65. The first-order valence-electron chi connectivity index (χ1n) is 5.55. The molecule has 4 heteroatoms. The molecule has 0 amide bonds. The highest BCUT2D eigenvalue weighted by atomic mass is 32.2. The highest BCUT2D eigenvalue weighted by Crippen LogP contribution is 2.22. The fraction of sp³-hybridized carbons (Fsp3) is 0.231. The molecule has 0 saturated carbocycles. The molecule has 0 aliphatic rings. The van der Waals surface area contributed by atoms with Crippen LogP contribution in [0.4, 0.5) is 0 Å². The standard InChI is InChI=1S/C13H15N3S/c14-9-12(11-5-2-1-3-6-11)10-17-13-15-7-4-8-16-13/h1-8,12H,9-10,14H2. The van der Waals surface area contributed by atoms with Crippen LogP contribution in [0.2, 0.25) is 0 Å². The van der Waals surface area contributed by atoms with Crippen molar-refractivity contribution in [2.24, 2.45) is 5.73 Å². The van der Waals surface area contributed by atoms with E-state index in [9.17, 15) is 0 Å². The SMILES string of the molecule is NCC(CSc1ncccn1)c1ccccc1. The Hall–Kier alpha value is -1.39. The summed E-state index contributed by atoms with van der Waals surface area (Å²) in [5.74, 6) is 1.26. The van der Waals surface area contributed by atoms with Crippen molar-refractivity contribution < 1.29 is 0 Å². The Labute approximate surface area is 105 Å². The van der Waals surface area contributed by atoms with Crippen LogP contribution >= 0.6 is 11.8 Å². The van der Waals surface area contributed by atoms with Crippen LogP contribution in [0.15, 0.2) is 53.9 Å². The monoisotopic (exact) mass is 245 g/mol. The van der Waals surface area contributed by atoms with Gasteiger partial charge in [0.2, 0.25) is 0 Å². The van der Waals surface area contributed by atoms with Gasteiger partial charge in [-0.05, 0) is 18.2 Å². The summed E-state index contributed by atoms with van der Waals surface area (Å²) in [7, 11) is 0. The molecule has 1 atom stereocenters. The third-order valence-electron chi connectivity index (χ3n) is 2.51. The van der Waals surface area contributed by atoms with Crippen LogP contribution in [0.25, 0.3) is 0 Å². The Morgan fingerprint density at radius 3 is 2.41 bits per heavy atom. The van der Waals surface area contributed by atoms with Crippen LogP contribution in [0.1, 0.15) is 11.5 Å². The van der Waals surface area contributed by atoms with E-state index in [1.54, 1.807) is 24.2 Å². The van der Waals surface area contributed by atoms with Gasteiger partial charge in [-0.15, -0.1) is 0 Å². The second-order valence-corrected chi connectivity index (χ2v) is 4.67. The van der Waals surface area contributed by atoms with Crippen molar-refractivity contribution in [3.05, 3.63) is 54.4 Å². The van der Waals surface area contributed by atoms with Crippen LogP contribution in [-0.4, -0.2) is 22.3 Å². The van der Waals surface area contributed by atoms with Crippen LogP contribution < -0.4 is 5.73 Å². The quantitative estimate of drug-likeness (QED) is 0.649. The number of hydrogen-bond donors (Lipinski definition) is 1. The molecular formula is C13H15N3S. The number of hydrogen-bond acceptors (Lipinski definition) is 4.